The van der Waals surface area contributed by atoms with Crippen molar-refractivity contribution in [1.82, 2.24) is 0 Å². The van der Waals surface area contributed by atoms with Gasteiger partial charge in [0, 0.05) is 0 Å². The molecule has 0 amide bonds. The van der Waals surface area contributed by atoms with Gasteiger partial charge in [0.15, 0.2) is 6.04 Å². The van der Waals surface area contributed by atoms with Gasteiger partial charge in [0.25, 0.3) is 0 Å². The van der Waals surface area contributed by atoms with Crippen molar-refractivity contribution < 1.29 is 23.4 Å². The van der Waals surface area contributed by atoms with Crippen LogP contribution >= 0.6 is 0 Å². The molecule has 0 bridgehead atoms. The molecule has 0 saturated carbocycles. The number of ether oxygens (including phenoxy) is 1. The standard InChI is InChI=1S/C15H13F2NO3/c16-15(17)21-12-9-5-4-8-11(12)18-13(14(19)20)10-6-2-1-3-7-10/h1-9,13,15,18H,(H,19,20). The highest BCUT2D eigenvalue weighted by molar-refractivity contribution is 5.80. The van der Waals surface area contributed by atoms with Crippen LogP contribution in [-0.4, -0.2) is 17.7 Å². The van der Waals surface area contributed by atoms with Crippen molar-refractivity contribution in [3.63, 3.8) is 0 Å². The number of carboxylic acid groups (broad SMARTS) is 1. The summed E-state index contributed by atoms with van der Waals surface area (Å²) in [4.78, 5) is 11.4. The van der Waals surface area contributed by atoms with Crippen LogP contribution in [0.25, 0.3) is 0 Å². The largest absolute Gasteiger partial charge is 0.479 e. The fraction of sp³-hybridized carbons (Fsp3) is 0.133. The number of alkyl halides is 2. The van der Waals surface area contributed by atoms with E-state index in [1.807, 2.05) is 0 Å². The number of benzene rings is 2. The van der Waals surface area contributed by atoms with Gasteiger partial charge in [0.2, 0.25) is 0 Å². The van der Waals surface area contributed by atoms with Crippen LogP contribution in [0.3, 0.4) is 0 Å². The van der Waals surface area contributed by atoms with Gasteiger partial charge in [-0.2, -0.15) is 8.78 Å². The monoisotopic (exact) mass is 293 g/mol. The molecule has 6 heteroatoms. The number of aliphatic carboxylic acids is 1. The van der Waals surface area contributed by atoms with E-state index in [2.05, 4.69) is 10.1 Å². The molecule has 1 unspecified atom stereocenters. The van der Waals surface area contributed by atoms with Crippen molar-refractivity contribution in [2.45, 2.75) is 12.7 Å². The van der Waals surface area contributed by atoms with Crippen molar-refractivity contribution in [2.24, 2.45) is 0 Å². The summed E-state index contributed by atoms with van der Waals surface area (Å²) < 4.78 is 29.1. The van der Waals surface area contributed by atoms with Crippen LogP contribution in [0.4, 0.5) is 14.5 Å². The lowest BCUT2D eigenvalue weighted by Crippen LogP contribution is -2.21. The Kier molecular flexibility index (Phi) is 4.71. The van der Waals surface area contributed by atoms with Crippen LogP contribution in [0, 0.1) is 0 Å². The number of anilines is 1. The third-order valence-corrected chi connectivity index (χ3v) is 2.78. The second kappa shape index (κ2) is 6.69. The van der Waals surface area contributed by atoms with Crippen molar-refractivity contribution in [3.05, 3.63) is 60.2 Å². The molecule has 0 aliphatic rings. The van der Waals surface area contributed by atoms with Crippen LogP contribution in [0.5, 0.6) is 5.75 Å². The Bertz CT molecular complexity index is 605. The first-order valence-electron chi connectivity index (χ1n) is 6.16. The van der Waals surface area contributed by atoms with Crippen molar-refractivity contribution in [3.8, 4) is 5.75 Å². The SMILES string of the molecule is O=C(O)C(Nc1ccccc1OC(F)F)c1ccccc1. The van der Waals surface area contributed by atoms with Gasteiger partial charge in [0.05, 0.1) is 5.69 Å². The van der Waals surface area contributed by atoms with E-state index in [1.165, 1.54) is 18.2 Å². The summed E-state index contributed by atoms with van der Waals surface area (Å²) in [6.07, 6.45) is 0. The van der Waals surface area contributed by atoms with Crippen LogP contribution in [-0.2, 0) is 4.79 Å². The first kappa shape index (κ1) is 14.8. The van der Waals surface area contributed by atoms with Gasteiger partial charge < -0.3 is 15.2 Å². The molecule has 0 heterocycles. The van der Waals surface area contributed by atoms with E-state index >= 15 is 0 Å². The van der Waals surface area contributed by atoms with E-state index in [0.717, 1.165) is 0 Å². The quantitative estimate of drug-likeness (QED) is 0.855. The molecule has 0 saturated heterocycles. The van der Waals surface area contributed by atoms with E-state index in [-0.39, 0.29) is 11.4 Å². The average Bonchev–Trinajstić information content (AvgIpc) is 2.46. The maximum atomic E-state index is 12.4. The van der Waals surface area contributed by atoms with Crippen LogP contribution < -0.4 is 10.1 Å². The molecule has 2 aromatic rings. The van der Waals surface area contributed by atoms with Gasteiger partial charge in [-0.1, -0.05) is 42.5 Å². The Labute approximate surface area is 120 Å². The second-order valence-corrected chi connectivity index (χ2v) is 4.20. The first-order chi connectivity index (χ1) is 10.1. The summed E-state index contributed by atoms with van der Waals surface area (Å²) in [7, 11) is 0. The van der Waals surface area contributed by atoms with Crippen molar-refractivity contribution in [2.75, 3.05) is 5.32 Å². The zero-order chi connectivity index (χ0) is 15.2. The molecule has 0 aromatic heterocycles. The molecule has 0 spiro atoms. The minimum atomic E-state index is -2.98. The van der Waals surface area contributed by atoms with Crippen LogP contribution in [0.15, 0.2) is 54.6 Å². The Morgan fingerprint density at radius 1 is 1.05 bits per heavy atom. The molecule has 21 heavy (non-hydrogen) atoms. The Hall–Kier alpha value is -2.63. The molecule has 110 valence electrons. The maximum Gasteiger partial charge on any atom is 0.387 e. The number of hydrogen-bond donors (Lipinski definition) is 2. The van der Waals surface area contributed by atoms with Crippen molar-refractivity contribution >= 4 is 11.7 Å². The highest BCUT2D eigenvalue weighted by Crippen LogP contribution is 2.29. The number of carbonyl (C=O) groups is 1. The third-order valence-electron chi connectivity index (χ3n) is 2.78. The Balaban J connectivity index is 2.28. The topological polar surface area (TPSA) is 58.6 Å². The lowest BCUT2D eigenvalue weighted by molar-refractivity contribution is -0.138. The lowest BCUT2D eigenvalue weighted by atomic mass is 10.1. The number of rotatable bonds is 6. The molecular formula is C15H13F2NO3. The van der Waals surface area contributed by atoms with E-state index in [1.54, 1.807) is 36.4 Å². The molecule has 2 aromatic carbocycles. The predicted octanol–water partition coefficient (Wildman–Crippen LogP) is 3.53. The zero-order valence-corrected chi connectivity index (χ0v) is 10.9. The van der Waals surface area contributed by atoms with Gasteiger partial charge in [-0.15, -0.1) is 0 Å². The minimum Gasteiger partial charge on any atom is -0.479 e. The van der Waals surface area contributed by atoms with Crippen LogP contribution in [0.1, 0.15) is 11.6 Å². The fourth-order valence-corrected chi connectivity index (χ4v) is 1.87. The molecule has 2 rings (SSSR count). The summed E-state index contributed by atoms with van der Waals surface area (Å²) in [6, 6.07) is 13.3. The Morgan fingerprint density at radius 3 is 2.29 bits per heavy atom. The number of nitrogens with one attached hydrogen (secondary N) is 1. The molecule has 2 N–H and O–H groups in total. The van der Waals surface area contributed by atoms with E-state index in [9.17, 15) is 18.7 Å². The predicted molar refractivity (Wildman–Crippen MR) is 73.5 cm³/mol. The highest BCUT2D eigenvalue weighted by Gasteiger charge is 2.21. The first-order valence-corrected chi connectivity index (χ1v) is 6.16. The van der Waals surface area contributed by atoms with E-state index < -0.39 is 18.6 Å². The molecule has 0 radical (unpaired) electrons. The van der Waals surface area contributed by atoms with Crippen molar-refractivity contribution in [1.29, 1.82) is 0 Å². The summed E-state index contributed by atoms with van der Waals surface area (Å²) >= 11 is 0. The number of hydrogen-bond acceptors (Lipinski definition) is 3. The molecule has 0 aliphatic carbocycles. The lowest BCUT2D eigenvalue weighted by Gasteiger charge is -2.18. The molecule has 4 nitrogen and oxygen atoms in total. The zero-order valence-electron chi connectivity index (χ0n) is 10.9. The fourth-order valence-electron chi connectivity index (χ4n) is 1.87. The number of para-hydroxylation sites is 2. The number of halogens is 2. The maximum absolute atomic E-state index is 12.4. The third kappa shape index (κ3) is 3.92. The van der Waals surface area contributed by atoms with Gasteiger partial charge in [0.1, 0.15) is 5.75 Å². The summed E-state index contributed by atoms with van der Waals surface area (Å²) in [5.41, 5.74) is 0.700. The molecule has 1 atom stereocenters. The molecule has 0 aliphatic heterocycles. The Morgan fingerprint density at radius 2 is 1.67 bits per heavy atom. The van der Waals surface area contributed by atoms with Gasteiger partial charge in [-0.3, -0.25) is 0 Å². The normalized spacial score (nSPS) is 12.0. The highest BCUT2D eigenvalue weighted by atomic mass is 19.3. The second-order valence-electron chi connectivity index (χ2n) is 4.20. The summed E-state index contributed by atoms with van der Waals surface area (Å²) in [5, 5.41) is 12.0. The molecular weight excluding hydrogens is 280 g/mol. The number of carboxylic acids is 1. The summed E-state index contributed by atoms with van der Waals surface area (Å²) in [5.74, 6) is -1.22. The minimum absolute atomic E-state index is 0.102. The average molecular weight is 293 g/mol. The van der Waals surface area contributed by atoms with E-state index in [4.69, 9.17) is 0 Å². The van der Waals surface area contributed by atoms with Gasteiger partial charge in [-0.25, -0.2) is 4.79 Å². The smallest absolute Gasteiger partial charge is 0.387 e. The van der Waals surface area contributed by atoms with Gasteiger partial charge >= 0.3 is 12.6 Å². The van der Waals surface area contributed by atoms with Crippen LogP contribution in [0.2, 0.25) is 0 Å². The van der Waals surface area contributed by atoms with Gasteiger partial charge in [-0.05, 0) is 17.7 Å². The summed E-state index contributed by atoms with van der Waals surface area (Å²) in [6.45, 7) is -2.98. The van der Waals surface area contributed by atoms with E-state index in [0.29, 0.717) is 5.56 Å². The molecule has 0 fully saturated rings.